The zero-order chi connectivity index (χ0) is 12.5. The Morgan fingerprint density at radius 3 is 2.58 bits per heavy atom. The molecule has 0 aromatic heterocycles. The Balaban J connectivity index is 0.00000133. The number of hydrogen-bond donors (Lipinski definition) is 1. The van der Waals surface area contributed by atoms with Gasteiger partial charge in [0.05, 0.1) is 0 Å². The van der Waals surface area contributed by atoms with E-state index in [1.165, 1.54) is 0 Å². The van der Waals surface area contributed by atoms with E-state index in [2.05, 4.69) is 5.32 Å². The van der Waals surface area contributed by atoms with E-state index >= 15 is 0 Å². The molecule has 100 valence electrons. The lowest BCUT2D eigenvalue weighted by Gasteiger charge is -2.21. The van der Waals surface area contributed by atoms with Crippen molar-refractivity contribution in [2.75, 3.05) is 6.54 Å². The maximum Gasteiger partial charge on any atom is 0.126 e. The van der Waals surface area contributed by atoms with Crippen LogP contribution in [-0.2, 0) is 13.0 Å². The van der Waals surface area contributed by atoms with Gasteiger partial charge in [0.15, 0.2) is 0 Å². The molecule has 1 aliphatic heterocycles. The SMILES string of the molecule is Cl.Fc1ccc(-c2ccccc2Cl)c2c1CCNC2. The molecular weight excluding hydrogens is 284 g/mol. The van der Waals surface area contributed by atoms with Crippen molar-refractivity contribution in [1.29, 1.82) is 0 Å². The minimum Gasteiger partial charge on any atom is -0.312 e. The van der Waals surface area contributed by atoms with Crippen molar-refractivity contribution in [2.45, 2.75) is 13.0 Å². The third-order valence-corrected chi connectivity index (χ3v) is 3.72. The van der Waals surface area contributed by atoms with Crippen LogP contribution in [0, 0.1) is 5.82 Å². The van der Waals surface area contributed by atoms with Gasteiger partial charge in [-0.15, -0.1) is 12.4 Å². The highest BCUT2D eigenvalue weighted by molar-refractivity contribution is 6.33. The summed E-state index contributed by atoms with van der Waals surface area (Å²) in [6.07, 6.45) is 0.736. The molecule has 0 spiro atoms. The zero-order valence-corrected chi connectivity index (χ0v) is 11.8. The predicted octanol–water partition coefficient (Wildman–Crippen LogP) is 4.21. The first kappa shape index (κ1) is 14.3. The number of halogens is 3. The monoisotopic (exact) mass is 297 g/mol. The molecule has 1 nitrogen and oxygen atoms in total. The number of rotatable bonds is 1. The molecule has 0 saturated heterocycles. The van der Waals surface area contributed by atoms with Crippen molar-refractivity contribution >= 4 is 24.0 Å². The Bertz CT molecular complexity index is 599. The second kappa shape index (κ2) is 5.91. The highest BCUT2D eigenvalue weighted by Gasteiger charge is 2.18. The fourth-order valence-corrected chi connectivity index (χ4v) is 2.73. The Morgan fingerprint density at radius 1 is 1.00 bits per heavy atom. The largest absolute Gasteiger partial charge is 0.312 e. The Hall–Kier alpha value is -1.09. The Labute approximate surface area is 123 Å². The fraction of sp³-hybridized carbons (Fsp3) is 0.200. The molecule has 0 saturated carbocycles. The van der Waals surface area contributed by atoms with E-state index in [1.807, 2.05) is 30.3 Å². The number of hydrogen-bond acceptors (Lipinski definition) is 1. The predicted molar refractivity (Wildman–Crippen MR) is 79.5 cm³/mol. The summed E-state index contributed by atoms with van der Waals surface area (Å²) in [6.45, 7) is 1.53. The van der Waals surface area contributed by atoms with Crippen LogP contribution in [0.15, 0.2) is 36.4 Å². The maximum atomic E-state index is 13.8. The molecule has 1 N–H and O–H groups in total. The molecule has 2 aromatic carbocycles. The summed E-state index contributed by atoms with van der Waals surface area (Å²) < 4.78 is 13.8. The Morgan fingerprint density at radius 2 is 1.79 bits per heavy atom. The quantitative estimate of drug-likeness (QED) is 0.831. The summed E-state index contributed by atoms with van der Waals surface area (Å²) in [7, 11) is 0. The third kappa shape index (κ3) is 2.62. The van der Waals surface area contributed by atoms with Crippen molar-refractivity contribution in [3.05, 3.63) is 58.4 Å². The first-order valence-electron chi connectivity index (χ1n) is 6.03. The van der Waals surface area contributed by atoms with Crippen molar-refractivity contribution in [3.8, 4) is 11.1 Å². The van der Waals surface area contributed by atoms with Crippen LogP contribution in [0.1, 0.15) is 11.1 Å². The molecule has 1 aliphatic rings. The van der Waals surface area contributed by atoms with E-state index in [-0.39, 0.29) is 18.2 Å². The van der Waals surface area contributed by atoms with Crippen LogP contribution in [0.3, 0.4) is 0 Å². The van der Waals surface area contributed by atoms with Crippen LogP contribution >= 0.6 is 24.0 Å². The van der Waals surface area contributed by atoms with Gasteiger partial charge in [-0.25, -0.2) is 4.39 Å². The minimum atomic E-state index is -0.109. The second-order valence-electron chi connectivity index (χ2n) is 4.46. The zero-order valence-electron chi connectivity index (χ0n) is 10.2. The summed E-state index contributed by atoms with van der Waals surface area (Å²) in [5, 5.41) is 3.99. The molecule has 2 aromatic rings. The van der Waals surface area contributed by atoms with Gasteiger partial charge in [0.2, 0.25) is 0 Å². The molecule has 0 aliphatic carbocycles. The second-order valence-corrected chi connectivity index (χ2v) is 4.87. The average Bonchev–Trinajstić information content (AvgIpc) is 2.41. The topological polar surface area (TPSA) is 12.0 Å². The molecule has 19 heavy (non-hydrogen) atoms. The van der Waals surface area contributed by atoms with Crippen LogP contribution in [0.25, 0.3) is 11.1 Å². The summed E-state index contributed by atoms with van der Waals surface area (Å²) in [6, 6.07) is 11.1. The number of benzene rings is 2. The van der Waals surface area contributed by atoms with Gasteiger partial charge < -0.3 is 5.32 Å². The first-order chi connectivity index (χ1) is 8.77. The van der Waals surface area contributed by atoms with E-state index in [0.717, 1.165) is 35.2 Å². The number of nitrogens with one attached hydrogen (secondary N) is 1. The molecule has 1 heterocycles. The van der Waals surface area contributed by atoms with Crippen LogP contribution in [0.2, 0.25) is 5.02 Å². The van der Waals surface area contributed by atoms with Gasteiger partial charge in [-0.2, -0.15) is 0 Å². The van der Waals surface area contributed by atoms with Crippen LogP contribution in [0.4, 0.5) is 4.39 Å². The van der Waals surface area contributed by atoms with Crippen molar-refractivity contribution in [3.63, 3.8) is 0 Å². The molecule has 3 rings (SSSR count). The standard InChI is InChI=1S/C15H13ClFN.ClH/c16-14-4-2-1-3-11(14)10-5-6-15(17)12-7-8-18-9-13(10)12;/h1-6,18H,7-9H2;1H. The maximum absolute atomic E-state index is 13.8. The normalized spacial score (nSPS) is 13.6. The summed E-state index contributed by atoms with van der Waals surface area (Å²) in [5.41, 5.74) is 3.86. The van der Waals surface area contributed by atoms with Crippen molar-refractivity contribution in [1.82, 2.24) is 5.32 Å². The van der Waals surface area contributed by atoms with E-state index in [1.54, 1.807) is 6.07 Å². The smallest absolute Gasteiger partial charge is 0.126 e. The summed E-state index contributed by atoms with van der Waals surface area (Å²) >= 11 is 6.23. The molecular formula is C15H14Cl2FN. The molecule has 0 bridgehead atoms. The van der Waals surface area contributed by atoms with Gasteiger partial charge in [-0.3, -0.25) is 0 Å². The van der Waals surface area contributed by atoms with Gasteiger partial charge in [0.1, 0.15) is 5.82 Å². The summed E-state index contributed by atoms with van der Waals surface area (Å²) in [4.78, 5) is 0. The highest BCUT2D eigenvalue weighted by atomic mass is 35.5. The van der Waals surface area contributed by atoms with Gasteiger partial charge >= 0.3 is 0 Å². The van der Waals surface area contributed by atoms with Crippen molar-refractivity contribution < 1.29 is 4.39 Å². The average molecular weight is 298 g/mol. The molecule has 4 heteroatoms. The van der Waals surface area contributed by atoms with E-state index in [0.29, 0.717) is 11.6 Å². The summed E-state index contributed by atoms with van der Waals surface area (Å²) in [5.74, 6) is -0.109. The highest BCUT2D eigenvalue weighted by Crippen LogP contribution is 2.34. The molecule has 0 unspecified atom stereocenters. The Kier molecular flexibility index (Phi) is 4.46. The van der Waals surface area contributed by atoms with E-state index < -0.39 is 0 Å². The lowest BCUT2D eigenvalue weighted by molar-refractivity contribution is 0.570. The van der Waals surface area contributed by atoms with Crippen LogP contribution in [0.5, 0.6) is 0 Å². The molecule has 0 radical (unpaired) electrons. The first-order valence-corrected chi connectivity index (χ1v) is 6.41. The minimum absolute atomic E-state index is 0. The molecule has 0 fully saturated rings. The molecule has 0 amide bonds. The van der Waals surface area contributed by atoms with Gasteiger partial charge in [0.25, 0.3) is 0 Å². The van der Waals surface area contributed by atoms with E-state index in [9.17, 15) is 4.39 Å². The third-order valence-electron chi connectivity index (χ3n) is 3.39. The fourth-order valence-electron chi connectivity index (χ4n) is 2.50. The van der Waals surface area contributed by atoms with E-state index in [4.69, 9.17) is 11.6 Å². The lowest BCUT2D eigenvalue weighted by Crippen LogP contribution is -2.25. The van der Waals surface area contributed by atoms with Crippen LogP contribution < -0.4 is 5.32 Å². The van der Waals surface area contributed by atoms with Crippen LogP contribution in [-0.4, -0.2) is 6.54 Å². The lowest BCUT2D eigenvalue weighted by atomic mass is 9.91. The number of fused-ring (bicyclic) bond motifs is 1. The van der Waals surface area contributed by atoms with Crippen molar-refractivity contribution in [2.24, 2.45) is 0 Å². The van der Waals surface area contributed by atoms with Gasteiger partial charge in [-0.1, -0.05) is 35.9 Å². The molecule has 0 atom stereocenters. The van der Waals surface area contributed by atoms with Gasteiger partial charge in [0, 0.05) is 17.1 Å². The van der Waals surface area contributed by atoms with Gasteiger partial charge in [-0.05, 0) is 41.8 Å².